The average molecular weight is 663 g/mol. The van der Waals surface area contributed by atoms with Gasteiger partial charge in [0, 0.05) is 41.5 Å². The molecule has 0 saturated carbocycles. The number of benzene rings is 1. The van der Waals surface area contributed by atoms with Crippen LogP contribution in [0, 0.1) is 0 Å². The quantitative estimate of drug-likeness (QED) is 0.304. The standard InChI is InChI=1S/C30H33F2N4O7PS/c1-43-22-9-10-33-26(27(31)32)25(22)18-13-35(14-18)30(39)21-7-6-19-3-2-4-20(29(38)36(19)21)34-28(37)24-12-17-11-16(15-44(40,41)42)5-8-23(17)45-24/h5,8-12,18-21,27H,2-4,6-7,13-15H2,1H3,(H,34,37)(H2,40,41,42)/t19-,20-,21-/m0/s1. The zero-order valence-corrected chi connectivity index (χ0v) is 26.1. The Balaban J connectivity index is 1.14. The van der Waals surface area contributed by atoms with Gasteiger partial charge in [-0.2, -0.15) is 0 Å². The maximum atomic E-state index is 13.8. The molecule has 11 nitrogen and oxygen atoms in total. The van der Waals surface area contributed by atoms with Crippen molar-refractivity contribution in [3.8, 4) is 5.75 Å². The van der Waals surface area contributed by atoms with Gasteiger partial charge in [0.1, 0.15) is 23.5 Å². The lowest BCUT2D eigenvalue weighted by atomic mass is 9.88. The molecule has 6 rings (SSSR count). The number of carbonyl (C=O) groups is 3. The van der Waals surface area contributed by atoms with Gasteiger partial charge < -0.3 is 29.6 Å². The maximum Gasteiger partial charge on any atom is 0.329 e. The zero-order valence-electron chi connectivity index (χ0n) is 24.4. The third-order valence-electron chi connectivity index (χ3n) is 8.88. The van der Waals surface area contributed by atoms with Crippen LogP contribution in [-0.2, 0) is 20.3 Å². The van der Waals surface area contributed by atoms with Crippen molar-refractivity contribution in [3.05, 3.63) is 58.2 Å². The topological polar surface area (TPSA) is 149 Å². The minimum Gasteiger partial charge on any atom is -0.496 e. The number of alkyl halides is 2. The van der Waals surface area contributed by atoms with Crippen LogP contribution in [0.15, 0.2) is 36.5 Å². The Morgan fingerprint density at radius 3 is 2.64 bits per heavy atom. The Labute approximate surface area is 261 Å². The first-order chi connectivity index (χ1) is 21.4. The van der Waals surface area contributed by atoms with Crippen molar-refractivity contribution in [2.45, 2.75) is 68.7 Å². The van der Waals surface area contributed by atoms with Crippen molar-refractivity contribution in [1.82, 2.24) is 20.1 Å². The predicted octanol–water partition coefficient (Wildman–Crippen LogP) is 4.19. The minimum absolute atomic E-state index is 0.119. The van der Waals surface area contributed by atoms with E-state index in [0.717, 1.165) is 4.70 Å². The van der Waals surface area contributed by atoms with E-state index >= 15 is 0 Å². The first-order valence-corrected chi connectivity index (χ1v) is 17.3. The summed E-state index contributed by atoms with van der Waals surface area (Å²) in [6.45, 7) is 0.428. The van der Waals surface area contributed by atoms with Crippen molar-refractivity contribution >= 4 is 46.7 Å². The smallest absolute Gasteiger partial charge is 0.329 e. The number of thiophene rings is 1. The maximum absolute atomic E-state index is 13.8. The van der Waals surface area contributed by atoms with Crippen LogP contribution in [0.25, 0.3) is 10.1 Å². The van der Waals surface area contributed by atoms with Gasteiger partial charge in [0.15, 0.2) is 0 Å². The number of methoxy groups -OCH3 is 1. The van der Waals surface area contributed by atoms with Gasteiger partial charge in [-0.1, -0.05) is 6.07 Å². The SMILES string of the molecule is COc1ccnc(C(F)F)c1C1CN(C(=O)[C@@H]2CC[C@@H]3CCC[C@H](NC(=O)c4cc5cc(CP(=O)(O)O)ccc5s4)C(=O)N32)C1. The third-order valence-corrected chi connectivity index (χ3v) is 10.8. The number of aromatic nitrogens is 1. The Kier molecular flexibility index (Phi) is 8.68. The van der Waals surface area contributed by atoms with Crippen molar-refractivity contribution in [1.29, 1.82) is 0 Å². The van der Waals surface area contributed by atoms with E-state index in [1.54, 1.807) is 34.1 Å². The number of rotatable bonds is 8. The lowest BCUT2D eigenvalue weighted by molar-refractivity contribution is -0.148. The van der Waals surface area contributed by atoms with E-state index < -0.39 is 38.2 Å². The molecule has 5 heterocycles. The molecule has 0 bridgehead atoms. The van der Waals surface area contributed by atoms with Gasteiger partial charge in [0.05, 0.1) is 18.1 Å². The van der Waals surface area contributed by atoms with Crippen LogP contribution in [0.3, 0.4) is 0 Å². The second kappa shape index (κ2) is 12.4. The van der Waals surface area contributed by atoms with Crippen molar-refractivity contribution < 1.29 is 42.3 Å². The van der Waals surface area contributed by atoms with Gasteiger partial charge >= 0.3 is 7.60 Å². The van der Waals surface area contributed by atoms with Crippen LogP contribution in [0.5, 0.6) is 5.75 Å². The van der Waals surface area contributed by atoms with Gasteiger partial charge in [0.25, 0.3) is 12.3 Å². The molecule has 3 saturated heterocycles. The summed E-state index contributed by atoms with van der Waals surface area (Å²) in [4.78, 5) is 66.8. The fourth-order valence-corrected chi connectivity index (χ4v) is 8.41. The van der Waals surface area contributed by atoms with E-state index in [4.69, 9.17) is 4.74 Å². The molecule has 3 atom stereocenters. The Bertz CT molecular complexity index is 1690. The van der Waals surface area contributed by atoms with Crippen LogP contribution in [0.2, 0.25) is 0 Å². The summed E-state index contributed by atoms with van der Waals surface area (Å²) in [5.41, 5.74) is 0.406. The Morgan fingerprint density at radius 2 is 1.93 bits per heavy atom. The van der Waals surface area contributed by atoms with Crippen LogP contribution >= 0.6 is 18.9 Å². The monoisotopic (exact) mass is 662 g/mol. The predicted molar refractivity (Wildman–Crippen MR) is 161 cm³/mol. The summed E-state index contributed by atoms with van der Waals surface area (Å²) in [6, 6.07) is 6.51. The van der Waals surface area contributed by atoms with Crippen LogP contribution in [0.4, 0.5) is 8.78 Å². The molecule has 3 aliphatic heterocycles. The average Bonchev–Trinajstić information content (AvgIpc) is 3.55. The highest BCUT2D eigenvalue weighted by molar-refractivity contribution is 7.50. The highest BCUT2D eigenvalue weighted by atomic mass is 32.1. The second-order valence-electron chi connectivity index (χ2n) is 11.8. The molecule has 0 aliphatic carbocycles. The fourth-order valence-electron chi connectivity index (χ4n) is 6.79. The summed E-state index contributed by atoms with van der Waals surface area (Å²) in [7, 11) is -2.84. The number of nitrogens with one attached hydrogen (secondary N) is 1. The first-order valence-electron chi connectivity index (χ1n) is 14.7. The second-order valence-corrected chi connectivity index (χ2v) is 14.5. The van der Waals surface area contributed by atoms with E-state index in [9.17, 15) is 37.5 Å². The molecule has 3 N–H and O–H groups in total. The van der Waals surface area contributed by atoms with E-state index in [2.05, 4.69) is 10.3 Å². The third kappa shape index (κ3) is 6.33. The number of likely N-dealkylation sites (tertiary alicyclic amines) is 1. The lowest BCUT2D eigenvalue weighted by Gasteiger charge is -2.43. The fraction of sp³-hybridized carbons (Fsp3) is 0.467. The Hall–Kier alpha value is -3.45. The molecule has 3 amide bonds. The van der Waals surface area contributed by atoms with E-state index in [0.29, 0.717) is 59.2 Å². The van der Waals surface area contributed by atoms with E-state index in [1.807, 2.05) is 0 Å². The molecule has 45 heavy (non-hydrogen) atoms. The zero-order chi connectivity index (χ0) is 32.0. The van der Waals surface area contributed by atoms with Gasteiger partial charge in [-0.05, 0) is 67.3 Å². The summed E-state index contributed by atoms with van der Waals surface area (Å²) < 4.78 is 44.9. The van der Waals surface area contributed by atoms with Crippen LogP contribution < -0.4 is 10.1 Å². The molecule has 3 aliphatic rings. The van der Waals surface area contributed by atoms with Gasteiger partial charge in [-0.3, -0.25) is 23.9 Å². The van der Waals surface area contributed by atoms with E-state index in [1.165, 1.54) is 30.7 Å². The molecular formula is C30H33F2N4O7PS. The summed E-state index contributed by atoms with van der Waals surface area (Å²) in [5, 5.41) is 3.54. The first kappa shape index (κ1) is 31.5. The van der Waals surface area contributed by atoms with Crippen molar-refractivity contribution in [2.75, 3.05) is 20.2 Å². The molecule has 0 spiro atoms. The Morgan fingerprint density at radius 1 is 1.16 bits per heavy atom. The number of ether oxygens (including phenoxy) is 1. The molecule has 3 fully saturated rings. The number of fused-ring (bicyclic) bond motifs is 2. The molecular weight excluding hydrogens is 629 g/mol. The van der Waals surface area contributed by atoms with Crippen LogP contribution in [0.1, 0.15) is 70.9 Å². The number of hydrogen-bond donors (Lipinski definition) is 3. The number of carbonyl (C=O) groups excluding carboxylic acids is 3. The number of halogens is 2. The molecule has 240 valence electrons. The summed E-state index contributed by atoms with van der Waals surface area (Å²) in [6.07, 6.45) is 1.08. The largest absolute Gasteiger partial charge is 0.496 e. The molecule has 2 aromatic heterocycles. The summed E-state index contributed by atoms with van der Waals surface area (Å²) >= 11 is 1.22. The highest BCUT2D eigenvalue weighted by Crippen LogP contribution is 2.42. The number of pyridine rings is 1. The number of hydrogen-bond acceptors (Lipinski definition) is 7. The molecule has 0 unspecified atom stereocenters. The lowest BCUT2D eigenvalue weighted by Crippen LogP contribution is -2.58. The molecule has 15 heteroatoms. The van der Waals surface area contributed by atoms with Gasteiger partial charge in [0.2, 0.25) is 11.8 Å². The number of nitrogens with zero attached hydrogens (tertiary/aromatic N) is 3. The minimum atomic E-state index is -4.25. The van der Waals surface area contributed by atoms with E-state index in [-0.39, 0.29) is 42.6 Å². The highest BCUT2D eigenvalue weighted by Gasteiger charge is 2.48. The molecule has 3 aromatic rings. The summed E-state index contributed by atoms with van der Waals surface area (Å²) in [5.74, 6) is -1.03. The van der Waals surface area contributed by atoms with Gasteiger partial charge in [-0.15, -0.1) is 11.3 Å². The van der Waals surface area contributed by atoms with Crippen molar-refractivity contribution in [3.63, 3.8) is 0 Å². The normalized spacial score (nSPS) is 22.4. The van der Waals surface area contributed by atoms with Crippen molar-refractivity contribution in [2.24, 2.45) is 0 Å². The van der Waals surface area contributed by atoms with Gasteiger partial charge in [-0.25, -0.2) is 8.78 Å². The van der Waals surface area contributed by atoms with Crippen LogP contribution in [-0.4, -0.2) is 80.6 Å². The molecule has 1 aromatic carbocycles. The number of amides is 3. The molecule has 0 radical (unpaired) electrons.